The van der Waals surface area contributed by atoms with E-state index in [0.29, 0.717) is 6.04 Å². The lowest BCUT2D eigenvalue weighted by Gasteiger charge is -2.37. The summed E-state index contributed by atoms with van der Waals surface area (Å²) in [7, 11) is 0. The second kappa shape index (κ2) is 5.48. The molecule has 0 saturated carbocycles. The van der Waals surface area contributed by atoms with E-state index >= 15 is 0 Å². The van der Waals surface area contributed by atoms with Crippen molar-refractivity contribution < 1.29 is 0 Å². The molecule has 2 fully saturated rings. The lowest BCUT2D eigenvalue weighted by Crippen LogP contribution is -2.45. The molecule has 0 aromatic rings. The first kappa shape index (κ1) is 12.3. The van der Waals surface area contributed by atoms with Crippen LogP contribution >= 0.6 is 0 Å². The molecule has 0 radical (unpaired) electrons. The summed E-state index contributed by atoms with van der Waals surface area (Å²) < 4.78 is 0. The second-order valence-corrected chi connectivity index (χ2v) is 5.97. The Labute approximate surface area is 100.0 Å². The molecule has 3 nitrogen and oxygen atoms in total. The van der Waals surface area contributed by atoms with Crippen LogP contribution in [0.2, 0.25) is 0 Å². The van der Waals surface area contributed by atoms with Gasteiger partial charge in [0.25, 0.3) is 0 Å². The largest absolute Gasteiger partial charge is 0.326 e. The van der Waals surface area contributed by atoms with Crippen LogP contribution in [0.1, 0.15) is 33.1 Å². The van der Waals surface area contributed by atoms with Gasteiger partial charge in [0.1, 0.15) is 0 Å². The minimum absolute atomic E-state index is 0.439. The van der Waals surface area contributed by atoms with Gasteiger partial charge in [0.2, 0.25) is 0 Å². The molecule has 2 aliphatic heterocycles. The van der Waals surface area contributed by atoms with Crippen LogP contribution in [0.4, 0.5) is 0 Å². The van der Waals surface area contributed by atoms with E-state index in [1.54, 1.807) is 0 Å². The van der Waals surface area contributed by atoms with Crippen LogP contribution < -0.4 is 5.73 Å². The molecular formula is C13H27N3. The molecule has 2 N–H and O–H groups in total. The molecule has 0 aromatic carbocycles. The predicted octanol–water partition coefficient (Wildman–Crippen LogP) is 1.14. The molecule has 0 aliphatic carbocycles. The van der Waals surface area contributed by atoms with E-state index in [2.05, 4.69) is 23.6 Å². The van der Waals surface area contributed by atoms with Gasteiger partial charge in [0, 0.05) is 31.7 Å². The molecule has 2 heterocycles. The topological polar surface area (TPSA) is 32.5 Å². The van der Waals surface area contributed by atoms with E-state index in [1.165, 1.54) is 45.4 Å². The fourth-order valence-electron chi connectivity index (χ4n) is 3.13. The third-order valence-corrected chi connectivity index (χ3v) is 3.95. The molecule has 3 heteroatoms. The van der Waals surface area contributed by atoms with Crippen molar-refractivity contribution in [1.82, 2.24) is 9.80 Å². The Morgan fingerprint density at radius 1 is 1.12 bits per heavy atom. The van der Waals surface area contributed by atoms with Crippen molar-refractivity contribution in [3.8, 4) is 0 Å². The molecule has 0 aromatic heterocycles. The smallest absolute Gasteiger partial charge is 0.0180 e. The van der Waals surface area contributed by atoms with E-state index in [0.717, 1.165) is 18.5 Å². The maximum Gasteiger partial charge on any atom is 0.0180 e. The number of nitrogens with two attached hydrogens (primary N) is 1. The average Bonchev–Trinajstić information content (AvgIpc) is 2.65. The summed E-state index contributed by atoms with van der Waals surface area (Å²) in [5, 5.41) is 0. The normalized spacial score (nSPS) is 30.4. The minimum atomic E-state index is 0.439. The molecule has 2 saturated heterocycles. The monoisotopic (exact) mass is 225 g/mol. The van der Waals surface area contributed by atoms with Crippen molar-refractivity contribution in [3.05, 3.63) is 0 Å². The number of nitrogens with zero attached hydrogens (tertiary/aromatic N) is 2. The van der Waals surface area contributed by atoms with Crippen molar-refractivity contribution in [2.24, 2.45) is 11.7 Å². The zero-order valence-electron chi connectivity index (χ0n) is 10.9. The summed E-state index contributed by atoms with van der Waals surface area (Å²) in [6.45, 7) is 10.8. The summed E-state index contributed by atoms with van der Waals surface area (Å²) in [4.78, 5) is 5.24. The fraction of sp³-hybridized carbons (Fsp3) is 1.00. The first-order chi connectivity index (χ1) is 7.65. The molecule has 0 spiro atoms. The van der Waals surface area contributed by atoms with Crippen molar-refractivity contribution in [1.29, 1.82) is 0 Å². The van der Waals surface area contributed by atoms with E-state index in [-0.39, 0.29) is 0 Å². The number of rotatable bonds is 3. The Morgan fingerprint density at radius 3 is 2.31 bits per heavy atom. The molecule has 2 rings (SSSR count). The van der Waals surface area contributed by atoms with E-state index < -0.39 is 0 Å². The highest BCUT2D eigenvalue weighted by Gasteiger charge is 2.29. The number of likely N-dealkylation sites (tertiary alicyclic amines) is 2. The van der Waals surface area contributed by atoms with E-state index in [1.807, 2.05) is 0 Å². The third kappa shape index (κ3) is 3.19. The highest BCUT2D eigenvalue weighted by atomic mass is 15.2. The molecule has 1 atom stereocenters. The fourth-order valence-corrected chi connectivity index (χ4v) is 3.13. The Morgan fingerprint density at radius 2 is 1.81 bits per heavy atom. The molecule has 94 valence electrons. The number of hydrogen-bond acceptors (Lipinski definition) is 3. The molecule has 0 amide bonds. The Kier molecular flexibility index (Phi) is 4.22. The Balaban J connectivity index is 1.72. The van der Waals surface area contributed by atoms with Crippen molar-refractivity contribution in [2.45, 2.75) is 45.2 Å². The highest BCUT2D eigenvalue weighted by molar-refractivity contribution is 4.86. The van der Waals surface area contributed by atoms with Crippen LogP contribution in [0.3, 0.4) is 0 Å². The highest BCUT2D eigenvalue weighted by Crippen LogP contribution is 2.21. The first-order valence-corrected chi connectivity index (χ1v) is 6.87. The summed E-state index contributed by atoms with van der Waals surface area (Å²) >= 11 is 0. The first-order valence-electron chi connectivity index (χ1n) is 6.87. The molecular weight excluding hydrogens is 198 g/mol. The van der Waals surface area contributed by atoms with Gasteiger partial charge in [-0.1, -0.05) is 13.8 Å². The van der Waals surface area contributed by atoms with Gasteiger partial charge in [-0.15, -0.1) is 0 Å². The predicted molar refractivity (Wildman–Crippen MR) is 68.5 cm³/mol. The van der Waals surface area contributed by atoms with Gasteiger partial charge in [-0.05, 0) is 38.3 Å². The lowest BCUT2D eigenvalue weighted by atomic mass is 10.0. The van der Waals surface area contributed by atoms with Crippen LogP contribution in [-0.4, -0.2) is 54.6 Å². The van der Waals surface area contributed by atoms with Crippen molar-refractivity contribution in [3.63, 3.8) is 0 Å². The second-order valence-electron chi connectivity index (χ2n) is 5.97. The van der Waals surface area contributed by atoms with Crippen LogP contribution in [-0.2, 0) is 0 Å². The zero-order valence-corrected chi connectivity index (χ0v) is 10.9. The molecule has 2 aliphatic rings. The third-order valence-electron chi connectivity index (χ3n) is 3.95. The molecule has 16 heavy (non-hydrogen) atoms. The maximum atomic E-state index is 5.97. The average molecular weight is 225 g/mol. The van der Waals surface area contributed by atoms with Gasteiger partial charge >= 0.3 is 0 Å². The lowest BCUT2D eigenvalue weighted by molar-refractivity contribution is 0.118. The van der Waals surface area contributed by atoms with Crippen molar-refractivity contribution in [2.75, 3.05) is 32.7 Å². The number of piperidine rings is 1. The van der Waals surface area contributed by atoms with Crippen LogP contribution in [0, 0.1) is 5.92 Å². The van der Waals surface area contributed by atoms with Gasteiger partial charge in [-0.2, -0.15) is 0 Å². The van der Waals surface area contributed by atoms with E-state index in [9.17, 15) is 0 Å². The van der Waals surface area contributed by atoms with Crippen molar-refractivity contribution >= 4 is 0 Å². The van der Waals surface area contributed by atoms with Gasteiger partial charge in [0.15, 0.2) is 0 Å². The van der Waals surface area contributed by atoms with Crippen LogP contribution in [0.15, 0.2) is 0 Å². The molecule has 0 bridgehead atoms. The van der Waals surface area contributed by atoms with E-state index in [4.69, 9.17) is 5.73 Å². The van der Waals surface area contributed by atoms with Gasteiger partial charge in [0.05, 0.1) is 0 Å². The zero-order chi connectivity index (χ0) is 11.5. The number of hydrogen-bond donors (Lipinski definition) is 1. The SMILES string of the molecule is CC(C)CN1CCC(N2CCC(N)C2)CC1. The summed E-state index contributed by atoms with van der Waals surface area (Å²) in [5.41, 5.74) is 5.97. The van der Waals surface area contributed by atoms with Gasteiger partial charge < -0.3 is 10.6 Å². The van der Waals surface area contributed by atoms with Crippen LogP contribution in [0.5, 0.6) is 0 Å². The molecule has 1 unspecified atom stereocenters. The van der Waals surface area contributed by atoms with Crippen LogP contribution in [0.25, 0.3) is 0 Å². The minimum Gasteiger partial charge on any atom is -0.326 e. The Hall–Kier alpha value is -0.120. The summed E-state index contributed by atoms with van der Waals surface area (Å²) in [6.07, 6.45) is 3.89. The Bertz CT molecular complexity index is 209. The quantitative estimate of drug-likeness (QED) is 0.782. The summed E-state index contributed by atoms with van der Waals surface area (Å²) in [5.74, 6) is 0.803. The summed E-state index contributed by atoms with van der Waals surface area (Å²) in [6, 6.07) is 1.26. The maximum absolute atomic E-state index is 5.97. The van der Waals surface area contributed by atoms with Gasteiger partial charge in [-0.25, -0.2) is 0 Å². The standard InChI is InChI=1S/C13H27N3/c1-11(2)9-15-6-4-13(5-7-15)16-8-3-12(14)10-16/h11-13H,3-10,14H2,1-2H3. The van der Waals surface area contributed by atoms with Gasteiger partial charge in [-0.3, -0.25) is 4.90 Å².